The van der Waals surface area contributed by atoms with E-state index in [-0.39, 0.29) is 11.5 Å². The number of rotatable bonds is 7. The van der Waals surface area contributed by atoms with Crippen molar-refractivity contribution in [1.29, 1.82) is 0 Å². The number of nitrogens with zero attached hydrogens (tertiary/aromatic N) is 1. The van der Waals surface area contributed by atoms with Crippen molar-refractivity contribution in [1.82, 2.24) is 4.90 Å². The SMILES string of the molecule is CC(C)CCN(CCC(O)C(C)(C)C)C1CC1. The maximum absolute atomic E-state index is 10.1. The smallest absolute Gasteiger partial charge is 0.0600 e. The van der Waals surface area contributed by atoms with Crippen LogP contribution >= 0.6 is 0 Å². The van der Waals surface area contributed by atoms with Crippen molar-refractivity contribution >= 4 is 0 Å². The topological polar surface area (TPSA) is 23.5 Å². The zero-order valence-corrected chi connectivity index (χ0v) is 12.4. The first kappa shape index (κ1) is 15.0. The normalized spacial score (nSPS) is 19.1. The lowest BCUT2D eigenvalue weighted by Gasteiger charge is -2.29. The summed E-state index contributed by atoms with van der Waals surface area (Å²) in [6.45, 7) is 13.2. The molecular formula is C15H31NO. The Morgan fingerprint density at radius 2 is 1.65 bits per heavy atom. The van der Waals surface area contributed by atoms with Crippen molar-refractivity contribution in [3.8, 4) is 0 Å². The van der Waals surface area contributed by atoms with Crippen molar-refractivity contribution < 1.29 is 5.11 Å². The van der Waals surface area contributed by atoms with Crippen molar-refractivity contribution in [3.05, 3.63) is 0 Å². The van der Waals surface area contributed by atoms with E-state index < -0.39 is 0 Å². The van der Waals surface area contributed by atoms with Gasteiger partial charge in [-0.25, -0.2) is 0 Å². The van der Waals surface area contributed by atoms with Crippen LogP contribution in [0.25, 0.3) is 0 Å². The molecule has 17 heavy (non-hydrogen) atoms. The molecule has 0 aromatic carbocycles. The third-order valence-electron chi connectivity index (χ3n) is 3.75. The molecule has 1 unspecified atom stereocenters. The maximum atomic E-state index is 10.1. The Kier molecular flexibility index (Phi) is 5.46. The van der Waals surface area contributed by atoms with E-state index in [9.17, 15) is 5.11 Å². The van der Waals surface area contributed by atoms with Gasteiger partial charge in [-0.3, -0.25) is 0 Å². The van der Waals surface area contributed by atoms with Crippen LogP contribution in [0.15, 0.2) is 0 Å². The molecule has 0 amide bonds. The van der Waals surface area contributed by atoms with Gasteiger partial charge >= 0.3 is 0 Å². The van der Waals surface area contributed by atoms with Crippen molar-refractivity contribution in [2.75, 3.05) is 13.1 Å². The van der Waals surface area contributed by atoms with Crippen molar-refractivity contribution in [3.63, 3.8) is 0 Å². The average Bonchev–Trinajstić information content (AvgIpc) is 2.99. The van der Waals surface area contributed by atoms with Crippen LogP contribution in [0.2, 0.25) is 0 Å². The van der Waals surface area contributed by atoms with E-state index in [1.807, 2.05) is 0 Å². The Balaban J connectivity index is 2.29. The molecule has 1 N–H and O–H groups in total. The first-order chi connectivity index (χ1) is 7.80. The molecule has 2 heteroatoms. The lowest BCUT2D eigenvalue weighted by atomic mass is 9.87. The van der Waals surface area contributed by atoms with Gasteiger partial charge in [0.15, 0.2) is 0 Å². The molecule has 1 saturated carbocycles. The van der Waals surface area contributed by atoms with Gasteiger partial charge in [0.1, 0.15) is 0 Å². The highest BCUT2D eigenvalue weighted by molar-refractivity contribution is 4.85. The van der Waals surface area contributed by atoms with Gasteiger partial charge in [0, 0.05) is 12.6 Å². The molecule has 1 rings (SSSR count). The highest BCUT2D eigenvalue weighted by Crippen LogP contribution is 2.29. The summed E-state index contributed by atoms with van der Waals surface area (Å²) in [6.07, 6.45) is 4.75. The monoisotopic (exact) mass is 241 g/mol. The third-order valence-corrected chi connectivity index (χ3v) is 3.75. The van der Waals surface area contributed by atoms with E-state index in [0.29, 0.717) is 0 Å². The van der Waals surface area contributed by atoms with Gasteiger partial charge in [-0.05, 0) is 43.6 Å². The molecule has 0 aromatic heterocycles. The van der Waals surface area contributed by atoms with E-state index in [1.54, 1.807) is 0 Å². The van der Waals surface area contributed by atoms with Crippen LogP contribution in [-0.4, -0.2) is 35.2 Å². The number of hydrogen-bond donors (Lipinski definition) is 1. The van der Waals surface area contributed by atoms with Gasteiger partial charge in [0.25, 0.3) is 0 Å². The number of hydrogen-bond acceptors (Lipinski definition) is 2. The molecule has 1 aliphatic carbocycles. The molecule has 1 fully saturated rings. The summed E-state index contributed by atoms with van der Waals surface area (Å²) in [7, 11) is 0. The minimum absolute atomic E-state index is 0.0211. The molecule has 0 bridgehead atoms. The van der Waals surface area contributed by atoms with Crippen LogP contribution in [0, 0.1) is 11.3 Å². The van der Waals surface area contributed by atoms with E-state index in [0.717, 1.165) is 24.9 Å². The summed E-state index contributed by atoms with van der Waals surface area (Å²) in [5, 5.41) is 10.1. The summed E-state index contributed by atoms with van der Waals surface area (Å²) in [5.41, 5.74) is 0.0211. The van der Waals surface area contributed by atoms with Crippen LogP contribution in [0.3, 0.4) is 0 Å². The second-order valence-corrected chi connectivity index (χ2v) is 7.12. The number of aliphatic hydroxyl groups is 1. The second-order valence-electron chi connectivity index (χ2n) is 7.12. The summed E-state index contributed by atoms with van der Waals surface area (Å²) in [6, 6.07) is 0.820. The lowest BCUT2D eigenvalue weighted by molar-refractivity contribution is 0.0443. The van der Waals surface area contributed by atoms with Crippen LogP contribution in [-0.2, 0) is 0 Å². The van der Waals surface area contributed by atoms with Gasteiger partial charge in [-0.15, -0.1) is 0 Å². The Bertz CT molecular complexity index is 215. The maximum Gasteiger partial charge on any atom is 0.0600 e. The average molecular weight is 241 g/mol. The zero-order chi connectivity index (χ0) is 13.1. The van der Waals surface area contributed by atoms with E-state index in [1.165, 1.54) is 25.8 Å². The first-order valence-corrected chi connectivity index (χ1v) is 7.23. The predicted octanol–water partition coefficient (Wildman–Crippen LogP) is 3.29. The fourth-order valence-corrected chi connectivity index (χ4v) is 2.06. The molecule has 0 spiro atoms. The molecule has 1 aliphatic rings. The third kappa shape index (κ3) is 5.87. The van der Waals surface area contributed by atoms with Crippen LogP contribution < -0.4 is 0 Å². The molecule has 1 atom stereocenters. The van der Waals surface area contributed by atoms with Crippen LogP contribution in [0.1, 0.15) is 60.3 Å². The molecule has 0 aromatic rings. The summed E-state index contributed by atoms with van der Waals surface area (Å²) >= 11 is 0. The molecule has 0 heterocycles. The zero-order valence-electron chi connectivity index (χ0n) is 12.4. The summed E-state index contributed by atoms with van der Waals surface area (Å²) in [4.78, 5) is 2.59. The Morgan fingerprint density at radius 1 is 1.12 bits per heavy atom. The van der Waals surface area contributed by atoms with Gasteiger partial charge in [-0.2, -0.15) is 0 Å². The van der Waals surface area contributed by atoms with Gasteiger partial charge < -0.3 is 10.0 Å². The Hall–Kier alpha value is -0.0800. The molecule has 0 radical (unpaired) electrons. The van der Waals surface area contributed by atoms with Crippen molar-refractivity contribution in [2.24, 2.45) is 11.3 Å². The predicted molar refractivity (Wildman–Crippen MR) is 74.1 cm³/mol. The van der Waals surface area contributed by atoms with Crippen molar-refractivity contribution in [2.45, 2.75) is 72.4 Å². The van der Waals surface area contributed by atoms with Gasteiger partial charge in [0.05, 0.1) is 6.10 Å². The van der Waals surface area contributed by atoms with E-state index >= 15 is 0 Å². The standard InChI is InChI=1S/C15H31NO/c1-12(2)8-10-16(13-6-7-13)11-9-14(17)15(3,4)5/h12-14,17H,6-11H2,1-5H3. The first-order valence-electron chi connectivity index (χ1n) is 7.23. The van der Waals surface area contributed by atoms with Crippen LogP contribution in [0.5, 0.6) is 0 Å². The molecule has 0 saturated heterocycles. The Morgan fingerprint density at radius 3 is 2.06 bits per heavy atom. The Labute approximate surface area is 107 Å². The van der Waals surface area contributed by atoms with E-state index in [2.05, 4.69) is 39.5 Å². The van der Waals surface area contributed by atoms with Crippen LogP contribution in [0.4, 0.5) is 0 Å². The van der Waals surface area contributed by atoms with Gasteiger partial charge in [-0.1, -0.05) is 34.6 Å². The lowest BCUT2D eigenvalue weighted by Crippen LogP contribution is -2.34. The quantitative estimate of drug-likeness (QED) is 0.739. The number of aliphatic hydroxyl groups excluding tert-OH is 1. The molecule has 0 aliphatic heterocycles. The van der Waals surface area contributed by atoms with Gasteiger partial charge in [0.2, 0.25) is 0 Å². The minimum Gasteiger partial charge on any atom is -0.393 e. The summed E-state index contributed by atoms with van der Waals surface area (Å²) < 4.78 is 0. The minimum atomic E-state index is -0.178. The molecule has 2 nitrogen and oxygen atoms in total. The fraction of sp³-hybridized carbons (Fsp3) is 1.00. The highest BCUT2D eigenvalue weighted by Gasteiger charge is 2.30. The summed E-state index contributed by atoms with van der Waals surface area (Å²) in [5.74, 6) is 0.781. The van der Waals surface area contributed by atoms with E-state index in [4.69, 9.17) is 0 Å². The highest BCUT2D eigenvalue weighted by atomic mass is 16.3. The second kappa shape index (κ2) is 6.19. The fourth-order valence-electron chi connectivity index (χ4n) is 2.06. The molecule has 102 valence electrons. The molecular weight excluding hydrogens is 210 g/mol. The largest absolute Gasteiger partial charge is 0.393 e.